The summed E-state index contributed by atoms with van der Waals surface area (Å²) in [7, 11) is 0. The van der Waals surface area contributed by atoms with Crippen LogP contribution in [0.25, 0.3) is 0 Å². The number of para-hydroxylation sites is 1. The Kier molecular flexibility index (Phi) is 5.49. The summed E-state index contributed by atoms with van der Waals surface area (Å²) >= 11 is 1.27. The number of hydrazone groups is 1. The molecule has 130 valence electrons. The molecule has 1 N–H and O–H groups in total. The van der Waals surface area contributed by atoms with Gasteiger partial charge in [0.2, 0.25) is 0 Å². The number of aromatic nitrogens is 2. The molecule has 0 saturated carbocycles. The fraction of sp³-hybridized carbons (Fsp3) is 0.294. The van der Waals surface area contributed by atoms with Crippen molar-refractivity contribution in [3.63, 3.8) is 0 Å². The average molecular weight is 358 g/mol. The molecular formula is C17H18N4O3S. The summed E-state index contributed by atoms with van der Waals surface area (Å²) in [6.07, 6.45) is 1.55. The lowest BCUT2D eigenvalue weighted by Gasteiger charge is -2.19. The number of carbonyl (C=O) groups is 1. The van der Waals surface area contributed by atoms with Crippen LogP contribution in [0.3, 0.4) is 0 Å². The van der Waals surface area contributed by atoms with E-state index in [2.05, 4.69) is 20.5 Å². The third-order valence-electron chi connectivity index (χ3n) is 3.28. The minimum Gasteiger partial charge on any atom is -0.486 e. The van der Waals surface area contributed by atoms with E-state index >= 15 is 0 Å². The summed E-state index contributed by atoms with van der Waals surface area (Å²) in [5, 5.41) is 4.57. The first kappa shape index (κ1) is 17.2. The van der Waals surface area contributed by atoms with Gasteiger partial charge in [-0.2, -0.15) is 5.10 Å². The molecule has 7 nitrogen and oxygen atoms in total. The largest absolute Gasteiger partial charge is 0.486 e. The van der Waals surface area contributed by atoms with E-state index in [4.69, 9.17) is 9.47 Å². The third kappa shape index (κ3) is 4.69. The Morgan fingerprint density at radius 3 is 2.84 bits per heavy atom. The molecule has 1 aliphatic heterocycles. The van der Waals surface area contributed by atoms with Gasteiger partial charge in [-0.3, -0.25) is 4.79 Å². The lowest BCUT2D eigenvalue weighted by molar-refractivity contribution is -0.118. The Hall–Kier alpha value is -2.61. The maximum Gasteiger partial charge on any atom is 0.250 e. The normalized spacial score (nSPS) is 13.0. The lowest BCUT2D eigenvalue weighted by atomic mass is 10.2. The van der Waals surface area contributed by atoms with Crippen molar-refractivity contribution in [2.24, 2.45) is 5.10 Å². The molecule has 1 aliphatic rings. The number of nitrogens with one attached hydrogen (secondary N) is 1. The average Bonchev–Trinajstić information content (AvgIpc) is 2.59. The summed E-state index contributed by atoms with van der Waals surface area (Å²) in [4.78, 5) is 20.5. The van der Waals surface area contributed by atoms with Crippen molar-refractivity contribution in [3.05, 3.63) is 41.2 Å². The molecule has 2 aromatic rings. The van der Waals surface area contributed by atoms with Crippen molar-refractivity contribution in [2.45, 2.75) is 19.0 Å². The third-order valence-corrected chi connectivity index (χ3v) is 4.13. The van der Waals surface area contributed by atoms with Gasteiger partial charge in [0.05, 0.1) is 12.0 Å². The molecule has 2 heterocycles. The number of benzene rings is 1. The predicted molar refractivity (Wildman–Crippen MR) is 95.4 cm³/mol. The number of nitrogens with zero attached hydrogens (tertiary/aromatic N) is 3. The Balaban J connectivity index is 1.55. The zero-order valence-corrected chi connectivity index (χ0v) is 14.8. The van der Waals surface area contributed by atoms with Crippen molar-refractivity contribution in [2.75, 3.05) is 19.0 Å². The summed E-state index contributed by atoms with van der Waals surface area (Å²) in [5.41, 5.74) is 5.01. The number of rotatable bonds is 5. The van der Waals surface area contributed by atoms with Crippen LogP contribution in [0.4, 0.5) is 0 Å². The number of ether oxygens (including phenoxy) is 2. The Labute approximate surface area is 149 Å². The van der Waals surface area contributed by atoms with Crippen LogP contribution in [-0.2, 0) is 4.79 Å². The van der Waals surface area contributed by atoms with Gasteiger partial charge in [-0.25, -0.2) is 15.4 Å². The second kappa shape index (κ2) is 7.98. The standard InChI is InChI=1S/C17H18N4O3S/c1-11-8-12(2)20-17(19-11)25-10-15(22)21-18-9-13-4-3-5-14-16(13)24-7-6-23-14/h3-5,8-9H,6-7,10H2,1-2H3,(H,21,22). The molecule has 1 amide bonds. The molecule has 0 fully saturated rings. The van der Waals surface area contributed by atoms with Crippen molar-refractivity contribution in [1.29, 1.82) is 0 Å². The van der Waals surface area contributed by atoms with Crippen molar-refractivity contribution >= 4 is 23.9 Å². The number of thioether (sulfide) groups is 1. The van der Waals surface area contributed by atoms with Crippen LogP contribution in [0.2, 0.25) is 0 Å². The van der Waals surface area contributed by atoms with Crippen LogP contribution in [0.1, 0.15) is 17.0 Å². The highest BCUT2D eigenvalue weighted by molar-refractivity contribution is 7.99. The monoisotopic (exact) mass is 358 g/mol. The molecule has 0 radical (unpaired) electrons. The number of fused-ring (bicyclic) bond motifs is 1. The molecule has 3 rings (SSSR count). The molecule has 0 aliphatic carbocycles. The first-order valence-electron chi connectivity index (χ1n) is 7.77. The van der Waals surface area contributed by atoms with E-state index in [-0.39, 0.29) is 11.7 Å². The van der Waals surface area contributed by atoms with Crippen LogP contribution < -0.4 is 14.9 Å². The first-order valence-corrected chi connectivity index (χ1v) is 8.76. The zero-order chi connectivity index (χ0) is 17.6. The van der Waals surface area contributed by atoms with E-state index in [1.807, 2.05) is 38.1 Å². The smallest absolute Gasteiger partial charge is 0.250 e. The van der Waals surface area contributed by atoms with E-state index in [0.29, 0.717) is 29.9 Å². The van der Waals surface area contributed by atoms with Crippen LogP contribution in [0.5, 0.6) is 11.5 Å². The molecule has 0 atom stereocenters. The molecular weight excluding hydrogens is 340 g/mol. The van der Waals surface area contributed by atoms with E-state index in [9.17, 15) is 4.79 Å². The molecule has 0 unspecified atom stereocenters. The molecule has 0 saturated heterocycles. The van der Waals surface area contributed by atoms with Gasteiger partial charge in [0, 0.05) is 17.0 Å². The number of hydrogen-bond donors (Lipinski definition) is 1. The van der Waals surface area contributed by atoms with E-state index in [1.165, 1.54) is 11.8 Å². The van der Waals surface area contributed by atoms with Gasteiger partial charge >= 0.3 is 0 Å². The number of carbonyl (C=O) groups excluding carboxylic acids is 1. The van der Waals surface area contributed by atoms with Crippen LogP contribution >= 0.6 is 11.8 Å². The van der Waals surface area contributed by atoms with Crippen molar-refractivity contribution in [1.82, 2.24) is 15.4 Å². The molecule has 0 bridgehead atoms. The lowest BCUT2D eigenvalue weighted by Crippen LogP contribution is -2.20. The van der Waals surface area contributed by atoms with Crippen LogP contribution in [0.15, 0.2) is 34.5 Å². The minimum atomic E-state index is -0.231. The second-order valence-corrected chi connectivity index (χ2v) is 6.33. The zero-order valence-electron chi connectivity index (χ0n) is 14.0. The van der Waals surface area contributed by atoms with Gasteiger partial charge < -0.3 is 9.47 Å². The van der Waals surface area contributed by atoms with Crippen molar-refractivity contribution in [3.8, 4) is 11.5 Å². The fourth-order valence-corrected chi connectivity index (χ4v) is 3.03. The highest BCUT2D eigenvalue weighted by Gasteiger charge is 2.14. The number of aryl methyl sites for hydroxylation is 2. The summed E-state index contributed by atoms with van der Waals surface area (Å²) < 4.78 is 11.1. The maximum absolute atomic E-state index is 11.9. The van der Waals surface area contributed by atoms with Crippen LogP contribution in [0, 0.1) is 13.8 Å². The first-order chi connectivity index (χ1) is 12.1. The van der Waals surface area contributed by atoms with Gasteiger partial charge in [0.25, 0.3) is 5.91 Å². The maximum atomic E-state index is 11.9. The summed E-state index contributed by atoms with van der Waals surface area (Å²) in [5.74, 6) is 1.28. The fourth-order valence-electron chi connectivity index (χ4n) is 2.29. The van der Waals surface area contributed by atoms with Gasteiger partial charge in [-0.15, -0.1) is 0 Å². The highest BCUT2D eigenvalue weighted by Crippen LogP contribution is 2.32. The van der Waals surface area contributed by atoms with Gasteiger partial charge in [-0.05, 0) is 32.0 Å². The Bertz CT molecular complexity index is 790. The van der Waals surface area contributed by atoms with E-state index < -0.39 is 0 Å². The van der Waals surface area contributed by atoms with Gasteiger partial charge in [-0.1, -0.05) is 17.8 Å². The molecule has 8 heteroatoms. The quantitative estimate of drug-likeness (QED) is 0.381. The topological polar surface area (TPSA) is 85.7 Å². The SMILES string of the molecule is Cc1cc(C)nc(SCC(=O)NN=Cc2cccc3c2OCCO3)n1. The predicted octanol–water partition coefficient (Wildman–Crippen LogP) is 2.11. The summed E-state index contributed by atoms with van der Waals surface area (Å²) in [6, 6.07) is 7.43. The number of amides is 1. The molecule has 1 aromatic carbocycles. The van der Waals surface area contributed by atoms with E-state index in [1.54, 1.807) is 6.21 Å². The van der Waals surface area contributed by atoms with Crippen molar-refractivity contribution < 1.29 is 14.3 Å². The van der Waals surface area contributed by atoms with E-state index in [0.717, 1.165) is 17.0 Å². The van der Waals surface area contributed by atoms with Gasteiger partial charge in [0.1, 0.15) is 13.2 Å². The second-order valence-electron chi connectivity index (χ2n) is 5.39. The Morgan fingerprint density at radius 2 is 2.04 bits per heavy atom. The highest BCUT2D eigenvalue weighted by atomic mass is 32.2. The van der Waals surface area contributed by atoms with Crippen LogP contribution in [-0.4, -0.2) is 41.1 Å². The van der Waals surface area contributed by atoms with Gasteiger partial charge in [0.15, 0.2) is 16.7 Å². The molecule has 0 spiro atoms. The Morgan fingerprint density at radius 1 is 1.28 bits per heavy atom. The minimum absolute atomic E-state index is 0.187. The summed E-state index contributed by atoms with van der Waals surface area (Å²) in [6.45, 7) is 4.82. The molecule has 1 aromatic heterocycles. The number of hydrogen-bond acceptors (Lipinski definition) is 7. The molecule has 25 heavy (non-hydrogen) atoms.